The second kappa shape index (κ2) is 4.56. The molecule has 58 valence electrons. The van der Waals surface area contributed by atoms with E-state index in [4.69, 9.17) is 5.11 Å². The van der Waals surface area contributed by atoms with Crippen LogP contribution in [0.4, 0.5) is 0 Å². The molecule has 1 aromatic heterocycles. The molecule has 0 aromatic carbocycles. The van der Waals surface area contributed by atoms with Crippen LogP contribution in [0.1, 0.15) is 4.88 Å². The Labute approximate surface area is 83.2 Å². The fourth-order valence-electron chi connectivity index (χ4n) is 0.618. The second-order valence-electron chi connectivity index (χ2n) is 1.84. The van der Waals surface area contributed by atoms with Crippen LogP contribution in [0.5, 0.6) is 0 Å². The van der Waals surface area contributed by atoms with Gasteiger partial charge in [-0.15, -0.1) is 11.3 Å². The number of rotatable bonds is 2. The highest BCUT2D eigenvalue weighted by atomic mass is 127. The van der Waals surface area contributed by atoms with Gasteiger partial charge in [0.25, 0.3) is 0 Å². The van der Waals surface area contributed by atoms with E-state index >= 15 is 0 Å². The van der Waals surface area contributed by atoms with Gasteiger partial charge in [-0.3, -0.25) is 0 Å². The quantitative estimate of drug-likeness (QED) is 0.499. The third-order valence-electron chi connectivity index (χ3n) is 1.05. The van der Waals surface area contributed by atoms with Crippen LogP contribution in [0.15, 0.2) is 30.5 Å². The summed E-state index contributed by atoms with van der Waals surface area (Å²) in [6, 6.07) is 4.11. The molecular formula is C8H7IOS. The minimum atomic E-state index is 1.02. The average Bonchev–Trinajstić information content (AvgIpc) is 2.37. The van der Waals surface area contributed by atoms with Crippen LogP contribution in [0.2, 0.25) is 0 Å². The summed E-state index contributed by atoms with van der Waals surface area (Å²) in [5.74, 6) is 0. The van der Waals surface area contributed by atoms with Crippen molar-refractivity contribution in [3.63, 3.8) is 0 Å². The lowest BCUT2D eigenvalue weighted by atomic mass is 10.4. The minimum absolute atomic E-state index is 1.02. The van der Waals surface area contributed by atoms with Gasteiger partial charge in [0.05, 0.1) is 9.15 Å². The van der Waals surface area contributed by atoms with Gasteiger partial charge in [0.1, 0.15) is 0 Å². The fourth-order valence-corrected chi connectivity index (χ4v) is 2.20. The van der Waals surface area contributed by atoms with Crippen molar-refractivity contribution in [2.24, 2.45) is 0 Å². The Balaban J connectivity index is 2.64. The van der Waals surface area contributed by atoms with Gasteiger partial charge in [0.2, 0.25) is 0 Å². The molecule has 0 saturated carbocycles. The Morgan fingerprint density at radius 1 is 1.36 bits per heavy atom. The highest BCUT2D eigenvalue weighted by Gasteiger charge is 1.90. The number of allylic oxidation sites excluding steroid dienone is 2. The zero-order valence-electron chi connectivity index (χ0n) is 5.70. The van der Waals surface area contributed by atoms with Crippen LogP contribution < -0.4 is 0 Å². The summed E-state index contributed by atoms with van der Waals surface area (Å²) in [4.78, 5) is 1.20. The predicted octanol–water partition coefficient (Wildman–Crippen LogP) is 3.44. The van der Waals surface area contributed by atoms with Crippen molar-refractivity contribution in [2.75, 3.05) is 0 Å². The number of aliphatic hydroxyl groups excluding tert-OH is 1. The molecule has 0 saturated heterocycles. The zero-order valence-corrected chi connectivity index (χ0v) is 8.67. The Morgan fingerprint density at radius 2 is 2.18 bits per heavy atom. The first kappa shape index (κ1) is 8.80. The van der Waals surface area contributed by atoms with Crippen LogP contribution in [0, 0.1) is 2.88 Å². The van der Waals surface area contributed by atoms with Crippen molar-refractivity contribution in [2.45, 2.75) is 0 Å². The van der Waals surface area contributed by atoms with Crippen LogP contribution in [0.3, 0.4) is 0 Å². The maximum absolute atomic E-state index is 8.32. The standard InChI is InChI=1S/C8H7IOS/c9-8-5-4-7(11-8)3-1-2-6-10/h1-6,10H/b3-1+,6-2-. The molecule has 1 nitrogen and oxygen atoms in total. The van der Waals surface area contributed by atoms with E-state index in [2.05, 4.69) is 28.7 Å². The lowest BCUT2D eigenvalue weighted by Crippen LogP contribution is -1.54. The van der Waals surface area contributed by atoms with Crippen molar-refractivity contribution in [1.29, 1.82) is 0 Å². The molecule has 0 atom stereocenters. The Hall–Kier alpha value is -0.290. The first-order valence-corrected chi connectivity index (χ1v) is 4.95. The van der Waals surface area contributed by atoms with Gasteiger partial charge < -0.3 is 5.11 Å². The summed E-state index contributed by atoms with van der Waals surface area (Å²) in [5, 5.41) is 8.32. The smallest absolute Gasteiger partial charge is 0.0791 e. The molecule has 0 aliphatic rings. The van der Waals surface area contributed by atoms with E-state index in [0.29, 0.717) is 0 Å². The van der Waals surface area contributed by atoms with E-state index < -0.39 is 0 Å². The van der Waals surface area contributed by atoms with E-state index in [1.54, 1.807) is 17.4 Å². The molecule has 1 N–H and O–H groups in total. The summed E-state index contributed by atoms with van der Waals surface area (Å²) in [6.07, 6.45) is 6.38. The van der Waals surface area contributed by atoms with Gasteiger partial charge in [0.15, 0.2) is 0 Å². The molecule has 0 aliphatic carbocycles. The second-order valence-corrected chi connectivity index (χ2v) is 4.85. The van der Waals surface area contributed by atoms with Crippen molar-refractivity contribution < 1.29 is 5.11 Å². The van der Waals surface area contributed by atoms with Gasteiger partial charge in [0, 0.05) is 4.88 Å². The van der Waals surface area contributed by atoms with Crippen LogP contribution >= 0.6 is 33.9 Å². The molecule has 1 aromatic rings. The van der Waals surface area contributed by atoms with Gasteiger partial charge in [-0.1, -0.05) is 6.08 Å². The Bertz CT molecular complexity index is 275. The van der Waals surface area contributed by atoms with Gasteiger partial charge >= 0.3 is 0 Å². The normalized spacial score (nSPS) is 11.7. The molecule has 0 fully saturated rings. The number of aliphatic hydroxyl groups is 1. The van der Waals surface area contributed by atoms with Crippen LogP contribution in [-0.2, 0) is 0 Å². The van der Waals surface area contributed by atoms with E-state index in [1.807, 2.05) is 18.2 Å². The molecule has 1 rings (SSSR count). The SMILES string of the molecule is O/C=C\C=C\c1ccc(I)s1. The first-order chi connectivity index (χ1) is 5.33. The summed E-state index contributed by atoms with van der Waals surface area (Å²) in [5.41, 5.74) is 0. The van der Waals surface area contributed by atoms with E-state index in [1.165, 1.54) is 7.76 Å². The van der Waals surface area contributed by atoms with E-state index in [-0.39, 0.29) is 0 Å². The van der Waals surface area contributed by atoms with Gasteiger partial charge in [-0.25, -0.2) is 0 Å². The summed E-state index contributed by atoms with van der Waals surface area (Å²) >= 11 is 4.00. The lowest BCUT2D eigenvalue weighted by Gasteiger charge is -1.78. The molecule has 0 aliphatic heterocycles. The third kappa shape index (κ3) is 3.07. The minimum Gasteiger partial charge on any atom is -0.516 e. The van der Waals surface area contributed by atoms with Crippen molar-refractivity contribution >= 4 is 40.0 Å². The average molecular weight is 278 g/mol. The van der Waals surface area contributed by atoms with Crippen molar-refractivity contribution in [3.8, 4) is 0 Å². The first-order valence-electron chi connectivity index (χ1n) is 3.05. The summed E-state index contributed by atoms with van der Waals surface area (Å²) in [6.45, 7) is 0. The molecule has 0 unspecified atom stereocenters. The molecule has 0 spiro atoms. The van der Waals surface area contributed by atoms with E-state index in [0.717, 1.165) is 6.26 Å². The van der Waals surface area contributed by atoms with E-state index in [9.17, 15) is 0 Å². The highest BCUT2D eigenvalue weighted by Crippen LogP contribution is 2.19. The molecule has 1 heterocycles. The lowest BCUT2D eigenvalue weighted by molar-refractivity contribution is 0.474. The monoisotopic (exact) mass is 278 g/mol. The molecule has 0 bridgehead atoms. The van der Waals surface area contributed by atoms with Gasteiger partial charge in [-0.05, 0) is 46.9 Å². The predicted molar refractivity (Wildman–Crippen MR) is 57.8 cm³/mol. The molecule has 3 heteroatoms. The number of halogens is 1. The zero-order chi connectivity index (χ0) is 8.10. The van der Waals surface area contributed by atoms with Gasteiger partial charge in [-0.2, -0.15) is 0 Å². The van der Waals surface area contributed by atoms with Crippen molar-refractivity contribution in [3.05, 3.63) is 38.3 Å². The maximum atomic E-state index is 8.32. The molecular weight excluding hydrogens is 271 g/mol. The maximum Gasteiger partial charge on any atom is 0.0791 e. The third-order valence-corrected chi connectivity index (χ3v) is 2.91. The number of hydrogen-bond donors (Lipinski definition) is 1. The molecule has 0 radical (unpaired) electrons. The molecule has 11 heavy (non-hydrogen) atoms. The fraction of sp³-hybridized carbons (Fsp3) is 0. The largest absolute Gasteiger partial charge is 0.516 e. The van der Waals surface area contributed by atoms with Crippen molar-refractivity contribution in [1.82, 2.24) is 0 Å². The highest BCUT2D eigenvalue weighted by molar-refractivity contribution is 14.1. The van der Waals surface area contributed by atoms with Crippen LogP contribution in [-0.4, -0.2) is 5.11 Å². The summed E-state index contributed by atoms with van der Waals surface area (Å²) < 4.78 is 1.27. The van der Waals surface area contributed by atoms with Crippen LogP contribution in [0.25, 0.3) is 6.08 Å². The Kier molecular flexibility index (Phi) is 3.65. The summed E-state index contributed by atoms with van der Waals surface area (Å²) in [7, 11) is 0. The molecule has 0 amide bonds. The number of hydrogen-bond acceptors (Lipinski definition) is 2. The number of thiophene rings is 1. The Morgan fingerprint density at radius 3 is 2.73 bits per heavy atom. The topological polar surface area (TPSA) is 20.2 Å².